The molecule has 4 nitrogen and oxygen atoms in total. The molecule has 0 radical (unpaired) electrons. The quantitative estimate of drug-likeness (QED) is 0.799. The molecule has 0 bridgehead atoms. The molecular weight excluding hydrogens is 332 g/mol. The average molecular weight is 356 g/mol. The van der Waals surface area contributed by atoms with Crippen LogP contribution >= 0.6 is 0 Å². The molecule has 0 amide bonds. The van der Waals surface area contributed by atoms with Crippen molar-refractivity contribution in [1.29, 1.82) is 0 Å². The van der Waals surface area contributed by atoms with Crippen LogP contribution in [-0.4, -0.2) is 8.32 Å². The third-order valence-electron chi connectivity index (χ3n) is 2.70. The van der Waals surface area contributed by atoms with E-state index in [2.05, 4.69) is 76.2 Å². The van der Waals surface area contributed by atoms with Crippen molar-refractivity contribution >= 4 is 0 Å². The fraction of sp³-hybridized carbons (Fsp3) is 0.222. The van der Waals surface area contributed by atoms with Gasteiger partial charge in [0.15, 0.2) is 0 Å². The van der Waals surface area contributed by atoms with E-state index in [9.17, 15) is 0 Å². The molecule has 2 N–H and O–H groups in total. The molecule has 23 heavy (non-hydrogen) atoms. The molecule has 0 fully saturated rings. The van der Waals surface area contributed by atoms with Crippen molar-refractivity contribution < 1.29 is 29.5 Å². The minimum atomic E-state index is -5.25. The third kappa shape index (κ3) is 13.6. The molecule has 2 rings (SSSR count). The molecule has 0 heterocycles. The molecule has 128 valence electrons. The van der Waals surface area contributed by atoms with Gasteiger partial charge in [-0.2, -0.15) is 47.2 Å². The Morgan fingerprint density at radius 2 is 0.870 bits per heavy atom. The van der Waals surface area contributed by atoms with Gasteiger partial charge in [0.05, 0.1) is 0 Å². The van der Waals surface area contributed by atoms with E-state index in [0.29, 0.717) is 0 Å². The van der Waals surface area contributed by atoms with Gasteiger partial charge in [-0.1, -0.05) is 39.8 Å². The molecule has 2 aromatic carbocycles. The molecule has 0 saturated carbocycles. The molecule has 5 heteroatoms. The van der Waals surface area contributed by atoms with Crippen LogP contribution in [0.2, 0.25) is 0 Å². The zero-order valence-electron chi connectivity index (χ0n) is 13.9. The fourth-order valence-corrected chi connectivity index (χ4v) is 1.54. The van der Waals surface area contributed by atoms with Gasteiger partial charge in [0.2, 0.25) is 0 Å². The summed E-state index contributed by atoms with van der Waals surface area (Å²) in [5.41, 5.74) is 2.66. The van der Waals surface area contributed by atoms with E-state index in [1.165, 1.54) is 23.0 Å². The second kappa shape index (κ2) is 10.9. The summed E-state index contributed by atoms with van der Waals surface area (Å²) >= 11 is -5.25. The zero-order chi connectivity index (χ0) is 17.9. The first-order chi connectivity index (χ1) is 10.6. The van der Waals surface area contributed by atoms with Crippen LogP contribution in [0, 0.1) is 11.8 Å². The van der Waals surface area contributed by atoms with Crippen LogP contribution < -0.4 is 0 Å². The van der Waals surface area contributed by atoms with Crippen LogP contribution in [-0.2, 0) is 21.2 Å². The molecule has 0 unspecified atom stereocenters. The van der Waals surface area contributed by atoms with Crippen molar-refractivity contribution in [2.45, 2.75) is 27.7 Å². The maximum absolute atomic E-state index is 8.82. The summed E-state index contributed by atoms with van der Waals surface area (Å²) in [5, 5.41) is 0. The van der Waals surface area contributed by atoms with Gasteiger partial charge >= 0.3 is 29.5 Å². The van der Waals surface area contributed by atoms with Gasteiger partial charge in [-0.25, -0.2) is 0 Å². The summed E-state index contributed by atoms with van der Waals surface area (Å²) in [6, 6.07) is 20.8. The summed E-state index contributed by atoms with van der Waals surface area (Å²) < 4.78 is 31.9. The molecule has 0 atom stereocenters. The first kappa shape index (κ1) is 21.2. The van der Waals surface area contributed by atoms with E-state index in [1.807, 2.05) is 12.1 Å². The summed E-state index contributed by atoms with van der Waals surface area (Å²) in [6.45, 7) is 8.48. The second-order valence-corrected chi connectivity index (χ2v) is 6.58. The van der Waals surface area contributed by atoms with E-state index in [4.69, 9.17) is 15.9 Å². The normalized spacial score (nSPS) is 9.65. The molecule has 2 aromatic rings. The topological polar surface area (TPSA) is 74.6 Å². The molecule has 0 spiro atoms. The van der Waals surface area contributed by atoms with E-state index >= 15 is 0 Å². The molecule has 0 aromatic heterocycles. The summed E-state index contributed by atoms with van der Waals surface area (Å²) in [4.78, 5) is 0. The van der Waals surface area contributed by atoms with E-state index < -0.39 is 13.6 Å². The van der Waals surface area contributed by atoms with Crippen molar-refractivity contribution in [3.8, 4) is 0 Å². The molecule has 0 saturated heterocycles. The number of hydrogen-bond acceptors (Lipinski definition) is 2. The van der Waals surface area contributed by atoms with E-state index in [0.717, 1.165) is 0 Å². The van der Waals surface area contributed by atoms with Gasteiger partial charge in [-0.05, 0) is 0 Å². The Bertz CT molecular complexity index is 569. The van der Waals surface area contributed by atoms with Crippen molar-refractivity contribution in [3.63, 3.8) is 0 Å². The fourth-order valence-electron chi connectivity index (χ4n) is 1.54. The van der Waals surface area contributed by atoms with Crippen molar-refractivity contribution in [2.75, 3.05) is 0 Å². The third-order valence-corrected chi connectivity index (χ3v) is 2.70. The Morgan fingerprint density at radius 1 is 0.652 bits per heavy atom. The van der Waals surface area contributed by atoms with Gasteiger partial charge in [0.25, 0.3) is 0 Å². The Morgan fingerprint density at radius 3 is 1.00 bits per heavy atom. The van der Waals surface area contributed by atoms with Gasteiger partial charge in [-0.3, -0.25) is 0 Å². The molecule has 0 aliphatic carbocycles. The van der Waals surface area contributed by atoms with Crippen LogP contribution in [0.1, 0.15) is 38.8 Å². The number of hydrogen-bond donors (Lipinski definition) is 2. The van der Waals surface area contributed by atoms with Crippen molar-refractivity contribution in [3.05, 3.63) is 83.6 Å². The minimum absolute atomic E-state index is 1.33. The monoisotopic (exact) mass is 356 g/mol. The molecule has 0 aliphatic rings. The Kier molecular flexibility index (Phi) is 10.0. The zero-order valence-corrected chi connectivity index (χ0v) is 15.2. The first-order valence-electron chi connectivity index (χ1n) is 7.02. The Balaban J connectivity index is 0.000000332. The predicted molar refractivity (Wildman–Crippen MR) is 86.1 cm³/mol. The first-order valence-corrected chi connectivity index (χ1v) is 9.20. The SMILES string of the molecule is C[C-](C)c1ccccc1.C[C-](C)c1ccccc1.[O]=[Cr](=[O])([OH])[OH]. The predicted octanol–water partition coefficient (Wildman–Crippen LogP) is 3.94. The van der Waals surface area contributed by atoms with E-state index in [1.54, 1.807) is 0 Å². The van der Waals surface area contributed by atoms with Crippen LogP contribution in [0.15, 0.2) is 60.7 Å². The molecule has 0 aliphatic heterocycles. The van der Waals surface area contributed by atoms with Crippen molar-refractivity contribution in [1.82, 2.24) is 0 Å². The van der Waals surface area contributed by atoms with Crippen LogP contribution in [0.5, 0.6) is 0 Å². The van der Waals surface area contributed by atoms with Crippen LogP contribution in [0.4, 0.5) is 0 Å². The average Bonchev–Trinajstić information content (AvgIpc) is 2.48. The summed E-state index contributed by atoms with van der Waals surface area (Å²) in [6.07, 6.45) is 0. The number of benzene rings is 2. The van der Waals surface area contributed by atoms with Gasteiger partial charge < -0.3 is 0 Å². The van der Waals surface area contributed by atoms with Crippen LogP contribution in [0.3, 0.4) is 0 Å². The molecular formula is C18H24CrO4-2. The van der Waals surface area contributed by atoms with Gasteiger partial charge in [-0.15, -0.1) is 24.3 Å². The van der Waals surface area contributed by atoms with E-state index in [-0.39, 0.29) is 0 Å². The van der Waals surface area contributed by atoms with Gasteiger partial charge in [0.1, 0.15) is 0 Å². The Hall–Kier alpha value is -1.77. The maximum atomic E-state index is 8.82. The second-order valence-electron chi connectivity index (χ2n) is 5.18. The van der Waals surface area contributed by atoms with Gasteiger partial charge in [0, 0.05) is 0 Å². The van der Waals surface area contributed by atoms with Crippen LogP contribution in [0.25, 0.3) is 0 Å². The number of rotatable bonds is 2. The Labute approximate surface area is 141 Å². The summed E-state index contributed by atoms with van der Waals surface area (Å²) in [7, 11) is 0. The standard InChI is InChI=1S/2C9H11.Cr.2H2O.2O/c2*1-8(2)9-6-4-3-5-7-9;;;;;/h2*3-7H,1-2H3;;2*1H2;;/q2*-1;+2;;;;/p-2. The van der Waals surface area contributed by atoms with Crippen molar-refractivity contribution in [2.24, 2.45) is 0 Å². The summed E-state index contributed by atoms with van der Waals surface area (Å²) in [5.74, 6) is 2.74.